The van der Waals surface area contributed by atoms with Crippen LogP contribution in [0, 0.1) is 6.92 Å². The first kappa shape index (κ1) is 14.7. The van der Waals surface area contributed by atoms with Gasteiger partial charge in [0.15, 0.2) is 9.84 Å². The second kappa shape index (κ2) is 6.67. The Labute approximate surface area is 119 Å². The summed E-state index contributed by atoms with van der Waals surface area (Å²) < 4.78 is 23.9. The molecule has 0 amide bonds. The van der Waals surface area contributed by atoms with Gasteiger partial charge >= 0.3 is 0 Å². The minimum Gasteiger partial charge on any atom is -0.312 e. The molecule has 2 N–H and O–H groups in total. The molecule has 2 aromatic rings. The lowest BCUT2D eigenvalue weighted by atomic mass is 10.2. The molecule has 0 atom stereocenters. The number of aromatic amines is 1. The van der Waals surface area contributed by atoms with E-state index in [1.54, 1.807) is 6.20 Å². The number of benzene rings is 1. The highest BCUT2D eigenvalue weighted by Gasteiger charge is 2.11. The van der Waals surface area contributed by atoms with Crippen LogP contribution in [0.3, 0.4) is 0 Å². The fourth-order valence-electron chi connectivity index (χ4n) is 1.90. The molecule has 0 unspecified atom stereocenters. The number of aryl methyl sites for hydroxylation is 1. The van der Waals surface area contributed by atoms with Crippen molar-refractivity contribution < 1.29 is 8.42 Å². The van der Waals surface area contributed by atoms with Crippen molar-refractivity contribution in [1.29, 1.82) is 0 Å². The predicted octanol–water partition coefficient (Wildman–Crippen LogP) is 1.42. The summed E-state index contributed by atoms with van der Waals surface area (Å²) in [6.07, 6.45) is 1.75. The molecule has 0 spiro atoms. The quantitative estimate of drug-likeness (QED) is 0.757. The van der Waals surface area contributed by atoms with E-state index in [2.05, 4.69) is 15.5 Å². The Morgan fingerprint density at radius 1 is 1.25 bits per heavy atom. The van der Waals surface area contributed by atoms with Crippen molar-refractivity contribution in [2.75, 3.05) is 12.3 Å². The van der Waals surface area contributed by atoms with Gasteiger partial charge in [-0.3, -0.25) is 5.10 Å². The molecule has 0 aliphatic heterocycles. The van der Waals surface area contributed by atoms with Crippen LogP contribution in [0.4, 0.5) is 0 Å². The fourth-order valence-corrected chi connectivity index (χ4v) is 3.20. The van der Waals surface area contributed by atoms with E-state index in [0.717, 1.165) is 16.8 Å². The zero-order valence-corrected chi connectivity index (χ0v) is 12.3. The Balaban J connectivity index is 1.77. The highest BCUT2D eigenvalue weighted by Crippen LogP contribution is 2.06. The van der Waals surface area contributed by atoms with Crippen LogP contribution in [0.25, 0.3) is 0 Å². The van der Waals surface area contributed by atoms with E-state index in [1.807, 2.05) is 37.3 Å². The molecule has 0 aliphatic rings. The number of rotatable bonds is 7. The molecule has 0 saturated carbocycles. The molecule has 1 aromatic heterocycles. The van der Waals surface area contributed by atoms with Crippen LogP contribution in [0.15, 0.2) is 36.5 Å². The highest BCUT2D eigenvalue weighted by atomic mass is 32.2. The van der Waals surface area contributed by atoms with Crippen molar-refractivity contribution in [3.8, 4) is 0 Å². The van der Waals surface area contributed by atoms with E-state index >= 15 is 0 Å². The van der Waals surface area contributed by atoms with Gasteiger partial charge in [0, 0.05) is 24.3 Å². The number of sulfone groups is 1. The molecule has 108 valence electrons. The number of nitrogens with zero attached hydrogens (tertiary/aromatic N) is 1. The molecule has 6 heteroatoms. The zero-order valence-electron chi connectivity index (χ0n) is 11.5. The molecule has 0 radical (unpaired) electrons. The number of nitrogens with one attached hydrogen (secondary N) is 2. The van der Waals surface area contributed by atoms with E-state index in [9.17, 15) is 8.42 Å². The summed E-state index contributed by atoms with van der Waals surface area (Å²) in [4.78, 5) is 0. The molecular weight excluding hydrogens is 274 g/mol. The number of hydrogen-bond donors (Lipinski definition) is 2. The van der Waals surface area contributed by atoms with Crippen LogP contribution >= 0.6 is 0 Å². The van der Waals surface area contributed by atoms with Crippen molar-refractivity contribution in [2.45, 2.75) is 19.2 Å². The van der Waals surface area contributed by atoms with Crippen molar-refractivity contribution in [2.24, 2.45) is 0 Å². The van der Waals surface area contributed by atoms with Crippen LogP contribution in [0.2, 0.25) is 0 Å². The molecule has 0 bridgehead atoms. The summed E-state index contributed by atoms with van der Waals surface area (Å²) in [7, 11) is -3.07. The third-order valence-corrected chi connectivity index (χ3v) is 4.67. The summed E-state index contributed by atoms with van der Waals surface area (Å²) in [6.45, 7) is 3.01. The van der Waals surface area contributed by atoms with Gasteiger partial charge < -0.3 is 5.32 Å². The number of H-pyrrole nitrogens is 1. The van der Waals surface area contributed by atoms with Gasteiger partial charge in [0.1, 0.15) is 0 Å². The average Bonchev–Trinajstić information content (AvgIpc) is 2.81. The van der Waals surface area contributed by atoms with E-state index in [1.165, 1.54) is 0 Å². The van der Waals surface area contributed by atoms with E-state index in [0.29, 0.717) is 13.1 Å². The van der Waals surface area contributed by atoms with E-state index < -0.39 is 9.84 Å². The standard InChI is InChI=1S/C14H19N3O2S/c1-12-14(10-16-17-12)9-15-7-8-20(18,19)11-13-5-3-2-4-6-13/h2-6,10,15H,7-9,11H2,1H3,(H,16,17). The van der Waals surface area contributed by atoms with Gasteiger partial charge in [-0.25, -0.2) is 8.42 Å². The first-order valence-electron chi connectivity index (χ1n) is 6.51. The predicted molar refractivity (Wildman–Crippen MR) is 79.0 cm³/mol. The summed E-state index contributed by atoms with van der Waals surface area (Å²) >= 11 is 0. The molecule has 1 heterocycles. The summed E-state index contributed by atoms with van der Waals surface area (Å²) in [5, 5.41) is 9.90. The van der Waals surface area contributed by atoms with Crippen LogP contribution in [-0.4, -0.2) is 30.9 Å². The third-order valence-electron chi connectivity index (χ3n) is 3.07. The Kier molecular flexibility index (Phi) is 4.92. The van der Waals surface area contributed by atoms with Crippen molar-refractivity contribution in [3.63, 3.8) is 0 Å². The molecule has 0 aliphatic carbocycles. The molecule has 5 nitrogen and oxygen atoms in total. The van der Waals surface area contributed by atoms with Gasteiger partial charge in [-0.1, -0.05) is 30.3 Å². The first-order valence-corrected chi connectivity index (χ1v) is 8.33. The first-order chi connectivity index (χ1) is 9.57. The Bertz CT molecular complexity index is 635. The van der Waals surface area contributed by atoms with Crippen molar-refractivity contribution >= 4 is 9.84 Å². The van der Waals surface area contributed by atoms with E-state index in [-0.39, 0.29) is 11.5 Å². The zero-order chi connectivity index (χ0) is 14.4. The second-order valence-electron chi connectivity index (χ2n) is 4.77. The van der Waals surface area contributed by atoms with Crippen molar-refractivity contribution in [1.82, 2.24) is 15.5 Å². The molecule has 2 rings (SSSR count). The van der Waals surface area contributed by atoms with Crippen LogP contribution in [0.5, 0.6) is 0 Å². The van der Waals surface area contributed by atoms with Crippen LogP contribution < -0.4 is 5.32 Å². The van der Waals surface area contributed by atoms with Gasteiger partial charge in [-0.2, -0.15) is 5.10 Å². The lowest BCUT2D eigenvalue weighted by Gasteiger charge is -2.06. The summed E-state index contributed by atoms with van der Waals surface area (Å²) in [6, 6.07) is 9.25. The third kappa shape index (κ3) is 4.47. The topological polar surface area (TPSA) is 74.8 Å². The lowest BCUT2D eigenvalue weighted by molar-refractivity contribution is 0.590. The normalized spacial score (nSPS) is 11.7. The van der Waals surface area contributed by atoms with Crippen molar-refractivity contribution in [3.05, 3.63) is 53.3 Å². The Morgan fingerprint density at radius 2 is 2.00 bits per heavy atom. The summed E-state index contributed by atoms with van der Waals surface area (Å²) in [5.74, 6) is 0.235. The van der Waals surface area contributed by atoms with Gasteiger partial charge in [-0.05, 0) is 12.5 Å². The lowest BCUT2D eigenvalue weighted by Crippen LogP contribution is -2.23. The van der Waals surface area contributed by atoms with Crippen LogP contribution in [0.1, 0.15) is 16.8 Å². The molecule has 0 saturated heterocycles. The summed E-state index contributed by atoms with van der Waals surface area (Å²) in [5.41, 5.74) is 2.90. The van der Waals surface area contributed by atoms with E-state index in [4.69, 9.17) is 0 Å². The van der Waals surface area contributed by atoms with Gasteiger partial charge in [0.25, 0.3) is 0 Å². The molecule has 1 aromatic carbocycles. The van der Waals surface area contributed by atoms with Crippen LogP contribution in [-0.2, 0) is 22.1 Å². The maximum Gasteiger partial charge on any atom is 0.155 e. The molecule has 0 fully saturated rings. The minimum absolute atomic E-state index is 0.0975. The maximum absolute atomic E-state index is 12.0. The van der Waals surface area contributed by atoms with Gasteiger partial charge in [0.2, 0.25) is 0 Å². The second-order valence-corrected chi connectivity index (χ2v) is 6.96. The number of aromatic nitrogens is 2. The monoisotopic (exact) mass is 293 g/mol. The van der Waals surface area contributed by atoms with Gasteiger partial charge in [-0.15, -0.1) is 0 Å². The Morgan fingerprint density at radius 3 is 2.65 bits per heavy atom. The Hall–Kier alpha value is -1.66. The fraction of sp³-hybridized carbons (Fsp3) is 0.357. The minimum atomic E-state index is -3.07. The highest BCUT2D eigenvalue weighted by molar-refractivity contribution is 7.90. The smallest absolute Gasteiger partial charge is 0.155 e. The number of hydrogen-bond acceptors (Lipinski definition) is 4. The maximum atomic E-state index is 12.0. The molecule has 20 heavy (non-hydrogen) atoms. The SMILES string of the molecule is Cc1[nH]ncc1CNCCS(=O)(=O)Cc1ccccc1. The largest absolute Gasteiger partial charge is 0.312 e. The molecular formula is C14H19N3O2S. The average molecular weight is 293 g/mol. The van der Waals surface area contributed by atoms with Gasteiger partial charge in [0.05, 0.1) is 17.7 Å².